The van der Waals surface area contributed by atoms with Crippen molar-refractivity contribution in [1.82, 2.24) is 4.72 Å². The Morgan fingerprint density at radius 2 is 2.11 bits per heavy atom. The van der Waals surface area contributed by atoms with E-state index in [2.05, 4.69) is 4.72 Å². The Bertz CT molecular complexity index is 501. The van der Waals surface area contributed by atoms with Crippen molar-refractivity contribution < 1.29 is 8.42 Å². The molecule has 1 atom stereocenters. The fourth-order valence-corrected chi connectivity index (χ4v) is 2.98. The molecule has 0 saturated carbocycles. The Labute approximate surface area is 113 Å². The minimum atomic E-state index is -3.46. The monoisotopic (exact) mass is 288 g/mol. The van der Waals surface area contributed by atoms with E-state index in [1.54, 1.807) is 23.9 Å². The molecule has 102 valence electrons. The molecule has 1 unspecified atom stereocenters. The summed E-state index contributed by atoms with van der Waals surface area (Å²) in [7, 11) is -3.46. The topological polar surface area (TPSA) is 72.2 Å². The fourth-order valence-electron chi connectivity index (χ4n) is 1.46. The summed E-state index contributed by atoms with van der Waals surface area (Å²) < 4.78 is 26.6. The normalized spacial score (nSPS) is 13.5. The predicted octanol–water partition coefficient (Wildman–Crippen LogP) is 1.86. The summed E-state index contributed by atoms with van der Waals surface area (Å²) in [6.07, 6.45) is 2.75. The highest BCUT2D eigenvalue weighted by atomic mass is 32.2. The van der Waals surface area contributed by atoms with Crippen molar-refractivity contribution >= 4 is 27.5 Å². The Balaban J connectivity index is 2.88. The van der Waals surface area contributed by atoms with Crippen LogP contribution in [0.25, 0.3) is 0 Å². The molecule has 0 fully saturated rings. The average Bonchev–Trinajstić information content (AvgIpc) is 2.35. The van der Waals surface area contributed by atoms with Crippen LogP contribution in [0.3, 0.4) is 0 Å². The highest BCUT2D eigenvalue weighted by Gasteiger charge is 2.15. The van der Waals surface area contributed by atoms with E-state index in [0.29, 0.717) is 12.2 Å². The van der Waals surface area contributed by atoms with Crippen molar-refractivity contribution in [3.8, 4) is 0 Å². The molecule has 0 bridgehead atoms. The standard InChI is InChI=1S/C12H20N2O2S2/c1-4-10-5-6-11(7-12(10)13)18(15,16)14-8-9(2)17-3/h5-7,9,14H,4,8,13H2,1-3H3. The van der Waals surface area contributed by atoms with Crippen LogP contribution < -0.4 is 10.5 Å². The number of sulfonamides is 1. The maximum absolute atomic E-state index is 12.0. The quantitative estimate of drug-likeness (QED) is 0.784. The number of anilines is 1. The number of hydrogen-bond acceptors (Lipinski definition) is 4. The first-order valence-electron chi connectivity index (χ1n) is 5.81. The second-order valence-electron chi connectivity index (χ2n) is 4.11. The molecule has 0 radical (unpaired) electrons. The lowest BCUT2D eigenvalue weighted by molar-refractivity contribution is 0.581. The number of rotatable bonds is 6. The van der Waals surface area contributed by atoms with Gasteiger partial charge in [0, 0.05) is 17.5 Å². The van der Waals surface area contributed by atoms with Gasteiger partial charge in [0.15, 0.2) is 0 Å². The summed E-state index contributed by atoms with van der Waals surface area (Å²) in [4.78, 5) is 0.227. The largest absolute Gasteiger partial charge is 0.398 e. The molecule has 0 saturated heterocycles. The van der Waals surface area contributed by atoms with E-state index < -0.39 is 10.0 Å². The van der Waals surface area contributed by atoms with Gasteiger partial charge in [-0.15, -0.1) is 0 Å². The number of aryl methyl sites for hydroxylation is 1. The zero-order valence-electron chi connectivity index (χ0n) is 10.9. The molecule has 0 aliphatic rings. The lowest BCUT2D eigenvalue weighted by atomic mass is 10.1. The lowest BCUT2D eigenvalue weighted by Crippen LogP contribution is -2.29. The van der Waals surface area contributed by atoms with E-state index in [0.717, 1.165) is 12.0 Å². The molecule has 6 heteroatoms. The minimum absolute atomic E-state index is 0.227. The molecule has 3 N–H and O–H groups in total. The van der Waals surface area contributed by atoms with Gasteiger partial charge in [-0.25, -0.2) is 13.1 Å². The van der Waals surface area contributed by atoms with Crippen molar-refractivity contribution in [2.24, 2.45) is 0 Å². The maximum Gasteiger partial charge on any atom is 0.240 e. The first-order valence-corrected chi connectivity index (χ1v) is 8.58. The summed E-state index contributed by atoms with van der Waals surface area (Å²) in [5, 5.41) is 0.243. The van der Waals surface area contributed by atoms with Crippen LogP contribution in [-0.2, 0) is 16.4 Å². The molecular formula is C12H20N2O2S2. The Morgan fingerprint density at radius 1 is 1.44 bits per heavy atom. The molecule has 0 amide bonds. The maximum atomic E-state index is 12.0. The van der Waals surface area contributed by atoms with E-state index in [1.165, 1.54) is 6.07 Å². The van der Waals surface area contributed by atoms with Crippen LogP contribution in [0.4, 0.5) is 5.69 Å². The van der Waals surface area contributed by atoms with Gasteiger partial charge in [-0.2, -0.15) is 11.8 Å². The van der Waals surface area contributed by atoms with E-state index in [4.69, 9.17) is 5.73 Å². The Hall–Kier alpha value is -0.720. The van der Waals surface area contributed by atoms with Gasteiger partial charge in [-0.3, -0.25) is 0 Å². The van der Waals surface area contributed by atoms with Crippen LogP contribution in [0.2, 0.25) is 0 Å². The first kappa shape index (κ1) is 15.3. The third-order valence-corrected chi connectivity index (χ3v) is 5.16. The number of hydrogen-bond donors (Lipinski definition) is 2. The van der Waals surface area contributed by atoms with Gasteiger partial charge < -0.3 is 5.73 Å². The van der Waals surface area contributed by atoms with Gasteiger partial charge in [0.05, 0.1) is 4.90 Å². The van der Waals surface area contributed by atoms with Gasteiger partial charge in [-0.05, 0) is 30.4 Å². The highest BCUT2D eigenvalue weighted by molar-refractivity contribution is 7.99. The third kappa shape index (κ3) is 3.90. The number of nitrogens with one attached hydrogen (secondary N) is 1. The Morgan fingerprint density at radius 3 is 2.61 bits per heavy atom. The van der Waals surface area contributed by atoms with Crippen LogP contribution in [-0.4, -0.2) is 26.5 Å². The first-order chi connectivity index (χ1) is 8.40. The van der Waals surface area contributed by atoms with Crippen LogP contribution in [0.5, 0.6) is 0 Å². The number of thioether (sulfide) groups is 1. The van der Waals surface area contributed by atoms with Crippen LogP contribution >= 0.6 is 11.8 Å². The van der Waals surface area contributed by atoms with Crippen LogP contribution in [0, 0.1) is 0 Å². The summed E-state index contributed by atoms with van der Waals surface area (Å²) >= 11 is 1.62. The van der Waals surface area contributed by atoms with Gasteiger partial charge in [-0.1, -0.05) is 19.9 Å². The van der Waals surface area contributed by atoms with Crippen molar-refractivity contribution in [1.29, 1.82) is 0 Å². The molecule has 0 aromatic heterocycles. The zero-order chi connectivity index (χ0) is 13.8. The summed E-state index contributed by atoms with van der Waals surface area (Å²) in [6.45, 7) is 4.37. The lowest BCUT2D eigenvalue weighted by Gasteiger charge is -2.12. The van der Waals surface area contributed by atoms with E-state index in [9.17, 15) is 8.42 Å². The van der Waals surface area contributed by atoms with Gasteiger partial charge in [0.25, 0.3) is 0 Å². The molecule has 0 aliphatic heterocycles. The third-order valence-electron chi connectivity index (χ3n) is 2.77. The molecule has 1 aromatic carbocycles. The number of benzene rings is 1. The molecule has 0 spiro atoms. The molecule has 0 aliphatic carbocycles. The van der Waals surface area contributed by atoms with Gasteiger partial charge in [0.2, 0.25) is 10.0 Å². The van der Waals surface area contributed by atoms with Crippen molar-refractivity contribution in [2.75, 3.05) is 18.5 Å². The van der Waals surface area contributed by atoms with Crippen LogP contribution in [0.1, 0.15) is 19.4 Å². The molecule has 0 heterocycles. The van der Waals surface area contributed by atoms with E-state index in [1.807, 2.05) is 20.1 Å². The van der Waals surface area contributed by atoms with E-state index >= 15 is 0 Å². The Kier molecular flexibility index (Phi) is 5.49. The number of nitrogens with two attached hydrogens (primary N) is 1. The van der Waals surface area contributed by atoms with Crippen LogP contribution in [0.15, 0.2) is 23.1 Å². The molecule has 4 nitrogen and oxygen atoms in total. The predicted molar refractivity (Wildman–Crippen MR) is 78.4 cm³/mol. The average molecular weight is 288 g/mol. The van der Waals surface area contributed by atoms with Crippen molar-refractivity contribution in [3.63, 3.8) is 0 Å². The minimum Gasteiger partial charge on any atom is -0.398 e. The smallest absolute Gasteiger partial charge is 0.240 e. The number of nitrogen functional groups attached to an aromatic ring is 1. The van der Waals surface area contributed by atoms with Gasteiger partial charge >= 0.3 is 0 Å². The summed E-state index contributed by atoms with van der Waals surface area (Å²) in [6, 6.07) is 4.88. The molecular weight excluding hydrogens is 268 g/mol. The zero-order valence-corrected chi connectivity index (χ0v) is 12.6. The molecule has 1 rings (SSSR count). The second kappa shape index (κ2) is 6.45. The molecule has 18 heavy (non-hydrogen) atoms. The fraction of sp³-hybridized carbons (Fsp3) is 0.500. The summed E-state index contributed by atoms with van der Waals surface area (Å²) in [5.74, 6) is 0. The highest BCUT2D eigenvalue weighted by Crippen LogP contribution is 2.18. The van der Waals surface area contributed by atoms with Crippen molar-refractivity contribution in [3.05, 3.63) is 23.8 Å². The SMILES string of the molecule is CCc1ccc(S(=O)(=O)NCC(C)SC)cc1N. The van der Waals surface area contributed by atoms with Gasteiger partial charge in [0.1, 0.15) is 0 Å². The summed E-state index contributed by atoms with van der Waals surface area (Å²) in [5.41, 5.74) is 7.30. The van der Waals surface area contributed by atoms with Crippen molar-refractivity contribution in [2.45, 2.75) is 30.4 Å². The second-order valence-corrected chi connectivity index (χ2v) is 7.16. The van der Waals surface area contributed by atoms with E-state index in [-0.39, 0.29) is 10.1 Å². The molecule has 1 aromatic rings.